The highest BCUT2D eigenvalue weighted by molar-refractivity contribution is 5.73. The fraction of sp³-hybridized carbons (Fsp3) is 0.667. The van der Waals surface area contributed by atoms with Crippen LogP contribution in [0.3, 0.4) is 0 Å². The minimum Gasteiger partial charge on any atom is -0.338 e. The largest absolute Gasteiger partial charge is 0.338 e. The summed E-state index contributed by atoms with van der Waals surface area (Å²) >= 11 is 0. The normalized spacial score (nSPS) is 9.62. The molecule has 0 radical (unpaired) electrons. The molecule has 0 aliphatic carbocycles. The van der Waals surface area contributed by atoms with Crippen LogP contribution in [0.1, 0.15) is 19.2 Å². The first-order valence-corrected chi connectivity index (χ1v) is 4.07. The molecule has 13 heavy (non-hydrogen) atoms. The number of nitrogens with one attached hydrogen (secondary N) is 3. The van der Waals surface area contributed by atoms with E-state index in [9.17, 15) is 4.79 Å². The van der Waals surface area contributed by atoms with Crippen LogP contribution in [0, 0.1) is 0 Å². The van der Waals surface area contributed by atoms with Crippen LogP contribution < -0.4 is 10.6 Å². The van der Waals surface area contributed by atoms with Crippen LogP contribution in [0.5, 0.6) is 0 Å². The standard InChI is InChI=1S/C6H12N6O/c1-2-3-7-6(13)8-4-5-9-11-12-10-5/h2-4H2,1H3,(H2,7,8,13)(H,9,10,11,12). The van der Waals surface area contributed by atoms with Gasteiger partial charge in [0.05, 0.1) is 6.54 Å². The lowest BCUT2D eigenvalue weighted by Crippen LogP contribution is -2.35. The van der Waals surface area contributed by atoms with Crippen molar-refractivity contribution in [1.29, 1.82) is 0 Å². The fourth-order valence-corrected chi connectivity index (χ4v) is 0.718. The lowest BCUT2D eigenvalue weighted by molar-refractivity contribution is 0.240. The van der Waals surface area contributed by atoms with Crippen molar-refractivity contribution in [3.63, 3.8) is 0 Å². The second-order valence-electron chi connectivity index (χ2n) is 2.44. The number of aromatic nitrogens is 4. The third kappa shape index (κ3) is 3.50. The molecule has 0 fully saturated rings. The lowest BCUT2D eigenvalue weighted by Gasteiger charge is -2.03. The van der Waals surface area contributed by atoms with E-state index in [-0.39, 0.29) is 12.6 Å². The molecule has 0 unspecified atom stereocenters. The monoisotopic (exact) mass is 184 g/mol. The number of amides is 2. The Hall–Kier alpha value is -1.66. The molecule has 1 heterocycles. The number of carbonyl (C=O) groups excluding carboxylic acids is 1. The van der Waals surface area contributed by atoms with Crippen LogP contribution in [-0.2, 0) is 6.54 Å². The van der Waals surface area contributed by atoms with Crippen LogP contribution in [0.2, 0.25) is 0 Å². The van der Waals surface area contributed by atoms with Gasteiger partial charge in [-0.25, -0.2) is 4.79 Å². The lowest BCUT2D eigenvalue weighted by atomic mass is 10.5. The second kappa shape index (κ2) is 5.07. The zero-order valence-corrected chi connectivity index (χ0v) is 7.37. The summed E-state index contributed by atoms with van der Waals surface area (Å²) in [5.74, 6) is 0.464. The molecular formula is C6H12N6O. The van der Waals surface area contributed by atoms with E-state index >= 15 is 0 Å². The van der Waals surface area contributed by atoms with Gasteiger partial charge in [-0.1, -0.05) is 12.1 Å². The molecule has 1 aromatic rings. The third-order valence-electron chi connectivity index (χ3n) is 1.33. The van der Waals surface area contributed by atoms with Crippen molar-refractivity contribution in [3.8, 4) is 0 Å². The molecule has 2 amide bonds. The summed E-state index contributed by atoms with van der Waals surface area (Å²) in [6, 6.07) is -0.216. The number of carbonyl (C=O) groups is 1. The van der Waals surface area contributed by atoms with Gasteiger partial charge < -0.3 is 10.6 Å². The number of urea groups is 1. The molecule has 7 nitrogen and oxygen atoms in total. The molecule has 0 spiro atoms. The fourth-order valence-electron chi connectivity index (χ4n) is 0.718. The molecule has 0 aromatic carbocycles. The van der Waals surface area contributed by atoms with E-state index in [4.69, 9.17) is 0 Å². The molecular weight excluding hydrogens is 172 g/mol. The summed E-state index contributed by atoms with van der Waals surface area (Å²) in [6.07, 6.45) is 0.912. The smallest absolute Gasteiger partial charge is 0.315 e. The SMILES string of the molecule is CCCNC(=O)NCc1nn[nH]n1. The van der Waals surface area contributed by atoms with Crippen molar-refractivity contribution in [2.75, 3.05) is 6.54 Å². The second-order valence-corrected chi connectivity index (χ2v) is 2.44. The Morgan fingerprint density at radius 1 is 1.54 bits per heavy atom. The maximum absolute atomic E-state index is 11.0. The van der Waals surface area contributed by atoms with Crippen molar-refractivity contribution in [1.82, 2.24) is 31.3 Å². The summed E-state index contributed by atoms with van der Waals surface area (Å²) in [6.45, 7) is 2.93. The summed E-state index contributed by atoms with van der Waals surface area (Å²) in [5, 5.41) is 18.2. The zero-order chi connectivity index (χ0) is 9.52. The minimum absolute atomic E-state index is 0.216. The van der Waals surface area contributed by atoms with E-state index < -0.39 is 0 Å². The van der Waals surface area contributed by atoms with Crippen LogP contribution in [0.4, 0.5) is 4.79 Å². The molecule has 1 aromatic heterocycles. The highest BCUT2D eigenvalue weighted by Crippen LogP contribution is 1.80. The molecule has 1 rings (SSSR count). The first kappa shape index (κ1) is 9.43. The van der Waals surface area contributed by atoms with Gasteiger partial charge in [0.1, 0.15) is 0 Å². The van der Waals surface area contributed by atoms with E-state index in [0.29, 0.717) is 12.4 Å². The number of rotatable bonds is 4. The van der Waals surface area contributed by atoms with Crippen molar-refractivity contribution in [2.45, 2.75) is 19.9 Å². The van der Waals surface area contributed by atoms with E-state index in [0.717, 1.165) is 6.42 Å². The van der Waals surface area contributed by atoms with Gasteiger partial charge in [-0.2, -0.15) is 5.21 Å². The highest BCUT2D eigenvalue weighted by Gasteiger charge is 2.01. The van der Waals surface area contributed by atoms with Gasteiger partial charge >= 0.3 is 6.03 Å². The molecule has 0 saturated heterocycles. The van der Waals surface area contributed by atoms with E-state index in [2.05, 4.69) is 31.3 Å². The van der Waals surface area contributed by atoms with E-state index in [1.807, 2.05) is 6.92 Å². The van der Waals surface area contributed by atoms with Gasteiger partial charge in [0.15, 0.2) is 5.82 Å². The molecule has 72 valence electrons. The number of hydrogen-bond donors (Lipinski definition) is 3. The van der Waals surface area contributed by atoms with Crippen molar-refractivity contribution in [2.24, 2.45) is 0 Å². The number of tetrazole rings is 1. The van der Waals surface area contributed by atoms with Gasteiger partial charge in [0.25, 0.3) is 0 Å². The highest BCUT2D eigenvalue weighted by atomic mass is 16.2. The van der Waals surface area contributed by atoms with Gasteiger partial charge in [-0.3, -0.25) is 0 Å². The molecule has 7 heteroatoms. The van der Waals surface area contributed by atoms with Gasteiger partial charge in [0.2, 0.25) is 0 Å². The van der Waals surface area contributed by atoms with E-state index in [1.165, 1.54) is 0 Å². The third-order valence-corrected chi connectivity index (χ3v) is 1.33. The number of hydrogen-bond acceptors (Lipinski definition) is 4. The number of nitrogens with zero attached hydrogens (tertiary/aromatic N) is 3. The quantitative estimate of drug-likeness (QED) is 0.582. The zero-order valence-electron chi connectivity index (χ0n) is 7.37. The average Bonchev–Trinajstić information content (AvgIpc) is 2.64. The molecule has 3 N–H and O–H groups in total. The van der Waals surface area contributed by atoms with Crippen LogP contribution in [0.25, 0.3) is 0 Å². The first-order chi connectivity index (χ1) is 6.33. The van der Waals surface area contributed by atoms with Crippen molar-refractivity contribution >= 4 is 6.03 Å². The topological polar surface area (TPSA) is 95.6 Å². The van der Waals surface area contributed by atoms with Crippen LogP contribution >= 0.6 is 0 Å². The predicted molar refractivity (Wildman–Crippen MR) is 44.7 cm³/mol. The van der Waals surface area contributed by atoms with Crippen molar-refractivity contribution < 1.29 is 4.79 Å². The van der Waals surface area contributed by atoms with Gasteiger partial charge in [-0.05, 0) is 6.42 Å². The Bertz CT molecular complexity index is 246. The van der Waals surface area contributed by atoms with E-state index in [1.54, 1.807) is 0 Å². The predicted octanol–water partition coefficient (Wildman–Crippen LogP) is -0.591. The molecule has 0 atom stereocenters. The maximum Gasteiger partial charge on any atom is 0.315 e. The molecule has 0 aliphatic rings. The number of aromatic amines is 1. The summed E-state index contributed by atoms with van der Waals surface area (Å²) in [7, 11) is 0. The van der Waals surface area contributed by atoms with Crippen LogP contribution in [-0.4, -0.2) is 33.2 Å². The summed E-state index contributed by atoms with van der Waals surface area (Å²) < 4.78 is 0. The Labute approximate surface area is 75.3 Å². The summed E-state index contributed by atoms with van der Waals surface area (Å²) in [4.78, 5) is 11.0. The van der Waals surface area contributed by atoms with Crippen LogP contribution in [0.15, 0.2) is 0 Å². The Balaban J connectivity index is 2.15. The first-order valence-electron chi connectivity index (χ1n) is 4.07. The average molecular weight is 184 g/mol. The Kier molecular flexibility index (Phi) is 3.68. The van der Waals surface area contributed by atoms with Gasteiger partial charge in [0, 0.05) is 6.54 Å². The minimum atomic E-state index is -0.216. The van der Waals surface area contributed by atoms with Crippen molar-refractivity contribution in [3.05, 3.63) is 5.82 Å². The molecule has 0 saturated carbocycles. The van der Waals surface area contributed by atoms with Gasteiger partial charge in [-0.15, -0.1) is 10.2 Å². The maximum atomic E-state index is 11.0. The molecule has 0 bridgehead atoms. The molecule has 0 aliphatic heterocycles. The summed E-state index contributed by atoms with van der Waals surface area (Å²) in [5.41, 5.74) is 0. The Morgan fingerprint density at radius 3 is 3.00 bits per heavy atom. The number of H-pyrrole nitrogens is 1. The Morgan fingerprint density at radius 2 is 2.38 bits per heavy atom.